The molecule has 0 saturated carbocycles. The largest absolute Gasteiger partial charge is 0.492 e. The molecule has 4 heterocycles. The van der Waals surface area contributed by atoms with Crippen molar-refractivity contribution in [3.8, 4) is 23.1 Å². The standard InChI is InChI=1S/C28H29N7O2/c1-5-37-27-14-25(31-16-21(27)15-29)18(2)35-10-7-22-23(26-6-8-32-33(26)4)12-20(13-24(22)28(35)36)17-34-11-9-30-19(34)3/h6,8-9,11-14,16,18H,5,7,10,17H2,1-4H3/t18-/m0/s1. The number of fused-ring (bicyclic) bond motifs is 1. The molecule has 4 aromatic rings. The van der Waals surface area contributed by atoms with Crippen LogP contribution in [0, 0.1) is 18.3 Å². The first-order chi connectivity index (χ1) is 17.9. The monoisotopic (exact) mass is 495 g/mol. The van der Waals surface area contributed by atoms with E-state index in [1.807, 2.05) is 55.7 Å². The molecule has 0 bridgehead atoms. The van der Waals surface area contributed by atoms with Crippen molar-refractivity contribution in [2.24, 2.45) is 7.05 Å². The molecule has 1 aromatic carbocycles. The number of amides is 1. The summed E-state index contributed by atoms with van der Waals surface area (Å²) in [5.41, 5.74) is 5.83. The molecule has 9 nitrogen and oxygen atoms in total. The predicted molar refractivity (Wildman–Crippen MR) is 138 cm³/mol. The topological polar surface area (TPSA) is 102 Å². The molecule has 188 valence electrons. The fourth-order valence-electron chi connectivity index (χ4n) is 4.97. The predicted octanol–water partition coefficient (Wildman–Crippen LogP) is 4.07. The molecule has 3 aromatic heterocycles. The molecule has 0 aliphatic carbocycles. The van der Waals surface area contributed by atoms with Crippen LogP contribution in [0.1, 0.15) is 58.5 Å². The van der Waals surface area contributed by atoms with Gasteiger partial charge in [-0.15, -0.1) is 0 Å². The molecule has 0 spiro atoms. The Morgan fingerprint density at radius 2 is 2.00 bits per heavy atom. The summed E-state index contributed by atoms with van der Waals surface area (Å²) >= 11 is 0. The van der Waals surface area contributed by atoms with Crippen LogP contribution < -0.4 is 4.74 Å². The van der Waals surface area contributed by atoms with Gasteiger partial charge in [-0.25, -0.2) is 4.98 Å². The fraction of sp³-hybridized carbons (Fsp3) is 0.321. The highest BCUT2D eigenvalue weighted by Crippen LogP contribution is 2.35. The Bertz CT molecular complexity index is 1510. The Morgan fingerprint density at radius 1 is 1.19 bits per heavy atom. The number of carbonyl (C=O) groups is 1. The third-order valence-electron chi connectivity index (χ3n) is 6.98. The summed E-state index contributed by atoms with van der Waals surface area (Å²) in [7, 11) is 1.92. The quantitative estimate of drug-likeness (QED) is 0.383. The van der Waals surface area contributed by atoms with E-state index in [0.29, 0.717) is 48.7 Å². The van der Waals surface area contributed by atoms with E-state index in [-0.39, 0.29) is 11.9 Å². The number of aromatic nitrogens is 5. The van der Waals surface area contributed by atoms with E-state index >= 15 is 0 Å². The van der Waals surface area contributed by atoms with E-state index < -0.39 is 0 Å². The van der Waals surface area contributed by atoms with E-state index in [4.69, 9.17) is 4.74 Å². The van der Waals surface area contributed by atoms with E-state index in [1.165, 1.54) is 6.20 Å². The first-order valence-electron chi connectivity index (χ1n) is 12.4. The van der Waals surface area contributed by atoms with Crippen LogP contribution in [0.2, 0.25) is 0 Å². The van der Waals surface area contributed by atoms with Crippen LogP contribution in [-0.4, -0.2) is 48.3 Å². The van der Waals surface area contributed by atoms with Crippen molar-refractivity contribution in [3.05, 3.63) is 82.8 Å². The second-order valence-electron chi connectivity index (χ2n) is 9.19. The minimum Gasteiger partial charge on any atom is -0.492 e. The summed E-state index contributed by atoms with van der Waals surface area (Å²) in [6, 6.07) is 9.76. The van der Waals surface area contributed by atoms with E-state index in [0.717, 1.165) is 28.2 Å². The average molecular weight is 496 g/mol. The van der Waals surface area contributed by atoms with Crippen LogP contribution in [0.4, 0.5) is 0 Å². The normalized spacial score (nSPS) is 13.8. The van der Waals surface area contributed by atoms with Gasteiger partial charge in [0.15, 0.2) is 0 Å². The van der Waals surface area contributed by atoms with Gasteiger partial charge in [0.2, 0.25) is 0 Å². The zero-order valence-electron chi connectivity index (χ0n) is 21.5. The maximum absolute atomic E-state index is 14.0. The van der Waals surface area contributed by atoms with Gasteiger partial charge in [-0.3, -0.25) is 14.5 Å². The molecule has 0 saturated heterocycles. The number of pyridine rings is 1. The molecule has 1 aliphatic heterocycles. The van der Waals surface area contributed by atoms with Crippen LogP contribution >= 0.6 is 0 Å². The highest BCUT2D eigenvalue weighted by molar-refractivity contribution is 5.99. The minimum atomic E-state index is -0.285. The second-order valence-corrected chi connectivity index (χ2v) is 9.19. The van der Waals surface area contributed by atoms with Gasteiger partial charge in [-0.05, 0) is 56.5 Å². The summed E-state index contributed by atoms with van der Waals surface area (Å²) in [5, 5.41) is 13.8. The third-order valence-corrected chi connectivity index (χ3v) is 6.98. The number of rotatable bonds is 7. The molecule has 9 heteroatoms. The first-order valence-corrected chi connectivity index (χ1v) is 12.4. The Kier molecular flexibility index (Phi) is 6.49. The van der Waals surface area contributed by atoms with Crippen molar-refractivity contribution in [2.45, 2.75) is 39.8 Å². The molecule has 37 heavy (non-hydrogen) atoms. The van der Waals surface area contributed by atoms with Crippen LogP contribution in [-0.2, 0) is 20.0 Å². The number of aryl methyl sites for hydroxylation is 2. The van der Waals surface area contributed by atoms with Crippen molar-refractivity contribution in [1.82, 2.24) is 29.2 Å². The summed E-state index contributed by atoms with van der Waals surface area (Å²) in [6.07, 6.45) is 7.74. The zero-order valence-corrected chi connectivity index (χ0v) is 21.5. The zero-order chi connectivity index (χ0) is 26.1. The highest BCUT2D eigenvalue weighted by Gasteiger charge is 2.32. The smallest absolute Gasteiger partial charge is 0.254 e. The van der Waals surface area contributed by atoms with Gasteiger partial charge >= 0.3 is 0 Å². The maximum atomic E-state index is 14.0. The molecule has 1 atom stereocenters. The number of nitriles is 1. The summed E-state index contributed by atoms with van der Waals surface area (Å²) in [4.78, 5) is 24.6. The fourth-order valence-corrected chi connectivity index (χ4v) is 4.97. The number of carbonyl (C=O) groups excluding carboxylic acids is 1. The maximum Gasteiger partial charge on any atom is 0.254 e. The van der Waals surface area contributed by atoms with Crippen molar-refractivity contribution in [2.75, 3.05) is 13.2 Å². The molecular weight excluding hydrogens is 466 g/mol. The molecule has 0 unspecified atom stereocenters. The molecule has 5 rings (SSSR count). The Hall–Kier alpha value is -4.45. The molecule has 1 aliphatic rings. The summed E-state index contributed by atoms with van der Waals surface area (Å²) < 4.78 is 9.56. The molecule has 0 fully saturated rings. The summed E-state index contributed by atoms with van der Waals surface area (Å²) in [6.45, 7) is 7.42. The lowest BCUT2D eigenvalue weighted by Crippen LogP contribution is -2.40. The van der Waals surface area contributed by atoms with Crippen LogP contribution in [0.15, 0.2) is 49.1 Å². The average Bonchev–Trinajstić information content (AvgIpc) is 3.51. The van der Waals surface area contributed by atoms with Gasteiger partial charge < -0.3 is 14.2 Å². The third kappa shape index (κ3) is 4.47. The number of benzene rings is 1. The Balaban J connectivity index is 1.54. The van der Waals surface area contributed by atoms with Crippen LogP contribution in [0.3, 0.4) is 0 Å². The lowest BCUT2D eigenvalue weighted by atomic mass is 9.89. The van der Waals surface area contributed by atoms with Crippen molar-refractivity contribution < 1.29 is 9.53 Å². The number of ether oxygens (including phenoxy) is 1. The number of imidazole rings is 1. The lowest BCUT2D eigenvalue weighted by Gasteiger charge is -2.34. The molecule has 0 radical (unpaired) electrons. The highest BCUT2D eigenvalue weighted by atomic mass is 16.5. The van der Waals surface area contributed by atoms with Crippen LogP contribution in [0.25, 0.3) is 11.3 Å². The Labute approximate surface area is 216 Å². The van der Waals surface area contributed by atoms with Gasteiger partial charge in [0.1, 0.15) is 23.2 Å². The van der Waals surface area contributed by atoms with Crippen molar-refractivity contribution >= 4 is 5.91 Å². The molecular formula is C28H29N7O2. The van der Waals surface area contributed by atoms with Crippen molar-refractivity contribution in [3.63, 3.8) is 0 Å². The minimum absolute atomic E-state index is 0.0366. The summed E-state index contributed by atoms with van der Waals surface area (Å²) in [5.74, 6) is 1.37. The van der Waals surface area contributed by atoms with Gasteiger partial charge in [-0.1, -0.05) is 0 Å². The number of hydrogen-bond acceptors (Lipinski definition) is 6. The van der Waals surface area contributed by atoms with Gasteiger partial charge in [0, 0.05) is 62.1 Å². The van der Waals surface area contributed by atoms with Crippen molar-refractivity contribution in [1.29, 1.82) is 5.26 Å². The van der Waals surface area contributed by atoms with E-state index in [1.54, 1.807) is 18.5 Å². The SMILES string of the molecule is CCOc1cc([C@H](C)N2CCc3c(cc(Cn4ccnc4C)cc3-c3ccnn3C)C2=O)ncc1C#N. The number of nitrogens with zero attached hydrogens (tertiary/aromatic N) is 7. The number of hydrogen-bond donors (Lipinski definition) is 0. The van der Waals surface area contributed by atoms with Gasteiger partial charge in [0.25, 0.3) is 5.91 Å². The Morgan fingerprint density at radius 3 is 2.68 bits per heavy atom. The van der Waals surface area contributed by atoms with Gasteiger partial charge in [0.05, 0.1) is 24.0 Å². The second kappa shape index (κ2) is 9.90. The lowest BCUT2D eigenvalue weighted by molar-refractivity contribution is 0.0669. The molecule has 0 N–H and O–H groups in total. The van der Waals surface area contributed by atoms with Gasteiger partial charge in [-0.2, -0.15) is 10.4 Å². The van der Waals surface area contributed by atoms with E-state index in [2.05, 4.69) is 31.8 Å². The molecule has 1 amide bonds. The van der Waals surface area contributed by atoms with E-state index in [9.17, 15) is 10.1 Å². The van der Waals surface area contributed by atoms with Crippen LogP contribution in [0.5, 0.6) is 5.75 Å². The first kappa shape index (κ1) is 24.3.